The summed E-state index contributed by atoms with van der Waals surface area (Å²) in [4.78, 5) is 14.0. The quantitative estimate of drug-likeness (QED) is 0.294. The van der Waals surface area contributed by atoms with Crippen molar-refractivity contribution in [1.29, 1.82) is 5.26 Å². The predicted molar refractivity (Wildman–Crippen MR) is 125 cm³/mol. The van der Waals surface area contributed by atoms with Crippen molar-refractivity contribution in [2.24, 2.45) is 0 Å². The van der Waals surface area contributed by atoms with E-state index in [2.05, 4.69) is 21.6 Å². The highest BCUT2D eigenvalue weighted by molar-refractivity contribution is 8.00. The van der Waals surface area contributed by atoms with E-state index in [1.54, 1.807) is 19.1 Å². The van der Waals surface area contributed by atoms with Gasteiger partial charge in [-0.1, -0.05) is 30.3 Å². The van der Waals surface area contributed by atoms with Crippen LogP contribution in [0.3, 0.4) is 0 Å². The van der Waals surface area contributed by atoms with E-state index in [-0.39, 0.29) is 18.3 Å². The van der Waals surface area contributed by atoms with Crippen LogP contribution in [-0.4, -0.2) is 26.0 Å². The summed E-state index contributed by atoms with van der Waals surface area (Å²) in [5, 5.41) is 21.0. The molecule has 8 nitrogen and oxygen atoms in total. The van der Waals surface area contributed by atoms with E-state index < -0.39 is 11.1 Å². The van der Waals surface area contributed by atoms with Gasteiger partial charge < -0.3 is 15.9 Å². The van der Waals surface area contributed by atoms with Crippen LogP contribution < -0.4 is 15.9 Å². The number of hydrogen-bond acceptors (Lipinski definition) is 8. The van der Waals surface area contributed by atoms with Crippen LogP contribution in [0.4, 0.5) is 9.39 Å². The van der Waals surface area contributed by atoms with Gasteiger partial charge in [0, 0.05) is 4.88 Å². The molecule has 1 aromatic carbocycles. The van der Waals surface area contributed by atoms with Gasteiger partial charge in [-0.25, -0.2) is 9.07 Å². The van der Waals surface area contributed by atoms with Crippen molar-refractivity contribution in [2.75, 3.05) is 11.2 Å². The van der Waals surface area contributed by atoms with Crippen LogP contribution in [0, 0.1) is 17.1 Å². The zero-order valence-corrected chi connectivity index (χ0v) is 19.6. The van der Waals surface area contributed by atoms with E-state index in [0.717, 1.165) is 49.4 Å². The van der Waals surface area contributed by atoms with Crippen LogP contribution in [0.15, 0.2) is 29.4 Å². The molecular weight excluding hydrogens is 463 g/mol. The molecule has 0 bridgehead atoms. The largest absolute Gasteiger partial charge is 0.482 e. The Morgan fingerprint density at radius 3 is 2.94 bits per heavy atom. The minimum Gasteiger partial charge on any atom is -0.482 e. The number of nitrogens with zero attached hydrogens (tertiary/aromatic N) is 4. The zero-order valence-electron chi connectivity index (χ0n) is 18.0. The second-order valence-corrected chi connectivity index (χ2v) is 10.0. The van der Waals surface area contributed by atoms with Crippen molar-refractivity contribution >= 4 is 34.0 Å². The number of nitrogen functional groups attached to an aromatic ring is 1. The Balaban J connectivity index is 1.40. The number of benzene rings is 1. The molecule has 2 aromatic heterocycles. The maximum absolute atomic E-state index is 13.7. The number of rotatable bonds is 7. The summed E-state index contributed by atoms with van der Waals surface area (Å²) in [6.07, 6.45) is 5.15. The van der Waals surface area contributed by atoms with Gasteiger partial charge in [-0.3, -0.25) is 4.79 Å². The highest BCUT2D eigenvalue weighted by Gasteiger charge is 2.24. The number of para-hydroxylation sites is 1. The minimum absolute atomic E-state index is 0.0716. The molecule has 1 aliphatic carbocycles. The first kappa shape index (κ1) is 23.1. The lowest BCUT2D eigenvalue weighted by Crippen LogP contribution is -2.24. The number of thioether (sulfide) groups is 1. The highest BCUT2D eigenvalue weighted by atomic mass is 32.2. The molecule has 1 amide bonds. The summed E-state index contributed by atoms with van der Waals surface area (Å²) in [5.74, 6) is 5.71. The van der Waals surface area contributed by atoms with Crippen molar-refractivity contribution in [3.05, 3.63) is 51.9 Å². The van der Waals surface area contributed by atoms with Crippen molar-refractivity contribution in [3.8, 4) is 11.8 Å². The van der Waals surface area contributed by atoms with E-state index in [1.807, 2.05) is 0 Å². The number of aromatic nitrogens is 3. The summed E-state index contributed by atoms with van der Waals surface area (Å²) < 4.78 is 20.4. The third kappa shape index (κ3) is 5.12. The number of fused-ring (bicyclic) bond motifs is 1. The summed E-state index contributed by atoms with van der Waals surface area (Å²) in [6, 6.07) is 8.31. The van der Waals surface area contributed by atoms with Gasteiger partial charge in [-0.05, 0) is 50.3 Å². The lowest BCUT2D eigenvalue weighted by molar-refractivity contribution is -0.115. The van der Waals surface area contributed by atoms with Gasteiger partial charge in [0.15, 0.2) is 17.4 Å². The number of anilines is 1. The fraction of sp³-hybridized carbons (Fsp3) is 0.364. The van der Waals surface area contributed by atoms with E-state index in [9.17, 15) is 14.4 Å². The van der Waals surface area contributed by atoms with Gasteiger partial charge in [0.2, 0.25) is 11.1 Å². The molecule has 0 saturated carbocycles. The van der Waals surface area contributed by atoms with Crippen LogP contribution in [0.1, 0.15) is 48.0 Å². The number of carbonyl (C=O) groups excluding carboxylic acids is 1. The molecule has 2 heterocycles. The fourth-order valence-electron chi connectivity index (χ4n) is 3.56. The normalized spacial score (nSPS) is 14.1. The molecule has 0 spiro atoms. The number of thiophene rings is 1. The Morgan fingerprint density at radius 1 is 1.36 bits per heavy atom. The van der Waals surface area contributed by atoms with Crippen LogP contribution in [0.25, 0.3) is 0 Å². The first-order valence-corrected chi connectivity index (χ1v) is 12.3. The number of halogens is 1. The van der Waals surface area contributed by atoms with E-state index in [4.69, 9.17) is 10.6 Å². The summed E-state index contributed by atoms with van der Waals surface area (Å²) in [6.45, 7) is 1.66. The van der Waals surface area contributed by atoms with E-state index in [1.165, 1.54) is 33.0 Å². The summed E-state index contributed by atoms with van der Waals surface area (Å²) in [5.41, 5.74) is 1.66. The van der Waals surface area contributed by atoms with Crippen LogP contribution in [0.5, 0.6) is 5.75 Å². The lowest BCUT2D eigenvalue weighted by atomic mass is 10.1. The molecule has 0 aliphatic heterocycles. The van der Waals surface area contributed by atoms with Gasteiger partial charge >= 0.3 is 0 Å². The molecule has 11 heteroatoms. The molecule has 3 aromatic rings. The number of nitrogens with one attached hydrogen (secondary N) is 1. The molecule has 0 radical (unpaired) electrons. The molecule has 33 heavy (non-hydrogen) atoms. The first-order valence-electron chi connectivity index (χ1n) is 10.6. The molecule has 3 N–H and O–H groups in total. The molecule has 1 aliphatic rings. The standard InChI is InChI=1S/C22H23FN6O2S2/c1-13(20(30)26-21-15(11-24)14-7-3-2-4-10-18(14)33-21)32-22-28-27-19(29(22)25)12-31-17-9-6-5-8-16(17)23/h5-6,8-9,13H,2-4,7,10,12,25H2,1H3,(H,26,30). The Bertz CT molecular complexity index is 1200. The average Bonchev–Trinajstić information content (AvgIpc) is 3.22. The molecule has 1 atom stereocenters. The molecule has 1 unspecified atom stereocenters. The van der Waals surface area contributed by atoms with Gasteiger partial charge in [-0.15, -0.1) is 21.5 Å². The molecule has 172 valence electrons. The fourth-order valence-corrected chi connectivity index (χ4v) is 5.60. The van der Waals surface area contributed by atoms with E-state index in [0.29, 0.717) is 21.5 Å². The third-order valence-corrected chi connectivity index (χ3v) is 7.61. The molecular formula is C22H23FN6O2S2. The second-order valence-electron chi connectivity index (χ2n) is 7.62. The number of amides is 1. The second kappa shape index (κ2) is 10.2. The van der Waals surface area contributed by atoms with Crippen molar-refractivity contribution < 1.29 is 13.9 Å². The number of aryl methyl sites for hydroxylation is 1. The SMILES string of the molecule is CC(Sc1nnc(COc2ccccc2F)n1N)C(=O)Nc1sc2c(c1C#N)CCCCC2. The van der Waals surface area contributed by atoms with Crippen LogP contribution >= 0.6 is 23.1 Å². The molecule has 0 saturated heterocycles. The number of nitriles is 1. The van der Waals surface area contributed by atoms with Gasteiger partial charge in [0.1, 0.15) is 17.7 Å². The van der Waals surface area contributed by atoms with Gasteiger partial charge in [0.05, 0.1) is 10.8 Å². The smallest absolute Gasteiger partial charge is 0.238 e. The van der Waals surface area contributed by atoms with Crippen molar-refractivity contribution in [2.45, 2.75) is 56.0 Å². The van der Waals surface area contributed by atoms with Gasteiger partial charge in [-0.2, -0.15) is 5.26 Å². The number of carbonyl (C=O) groups is 1. The molecule has 0 fully saturated rings. The minimum atomic E-state index is -0.537. The Hall–Kier alpha value is -3.10. The third-order valence-electron chi connectivity index (χ3n) is 5.35. The van der Waals surface area contributed by atoms with Crippen LogP contribution in [0.2, 0.25) is 0 Å². The number of hydrogen-bond donors (Lipinski definition) is 2. The van der Waals surface area contributed by atoms with Gasteiger partial charge in [0.25, 0.3) is 0 Å². The monoisotopic (exact) mass is 486 g/mol. The zero-order chi connectivity index (χ0) is 23.4. The Labute approximate surface area is 198 Å². The topological polar surface area (TPSA) is 119 Å². The first-order chi connectivity index (χ1) is 16.0. The van der Waals surface area contributed by atoms with Crippen molar-refractivity contribution in [3.63, 3.8) is 0 Å². The summed E-state index contributed by atoms with van der Waals surface area (Å²) in [7, 11) is 0. The number of nitrogens with two attached hydrogens (primary N) is 1. The maximum Gasteiger partial charge on any atom is 0.238 e. The van der Waals surface area contributed by atoms with E-state index >= 15 is 0 Å². The average molecular weight is 487 g/mol. The predicted octanol–water partition coefficient (Wildman–Crippen LogP) is 4.03. The highest BCUT2D eigenvalue weighted by Crippen LogP contribution is 2.37. The van der Waals surface area contributed by atoms with Crippen LogP contribution in [-0.2, 0) is 24.2 Å². The summed E-state index contributed by atoms with van der Waals surface area (Å²) >= 11 is 2.64. The Morgan fingerprint density at radius 2 is 2.15 bits per heavy atom. The lowest BCUT2D eigenvalue weighted by Gasteiger charge is -2.11. The maximum atomic E-state index is 13.7. The molecule has 4 rings (SSSR count). The number of ether oxygens (including phenoxy) is 1. The van der Waals surface area contributed by atoms with Crippen molar-refractivity contribution in [1.82, 2.24) is 14.9 Å². The Kier molecular flexibility index (Phi) is 7.15.